The molecule has 1 amide bonds. The van der Waals surface area contributed by atoms with Gasteiger partial charge in [0.15, 0.2) is 0 Å². The van der Waals surface area contributed by atoms with E-state index >= 15 is 0 Å². The van der Waals surface area contributed by atoms with Crippen LogP contribution in [0, 0.1) is 21.8 Å². The quantitative estimate of drug-likeness (QED) is 0.411. The Morgan fingerprint density at radius 1 is 1.03 bits per heavy atom. The number of non-ortho nitro benzene ring substituents is 1. The van der Waals surface area contributed by atoms with E-state index in [2.05, 4.69) is 9.80 Å². The SMILES string of the molecule is COc1cc(F)ccc1N1CCN(CC2CCc3cc([N+](=O)[O-])ccc3N2C(=O)C2CCCCC2)CC1. The number of carbonyl (C=O) groups is 1. The Hall–Kier alpha value is -3.20. The molecule has 2 aliphatic heterocycles. The lowest BCUT2D eigenvalue weighted by atomic mass is 9.86. The summed E-state index contributed by atoms with van der Waals surface area (Å²) in [5.74, 6) is 0.426. The van der Waals surface area contributed by atoms with E-state index in [9.17, 15) is 19.3 Å². The first kappa shape index (κ1) is 25.4. The number of nitro benzene ring substituents is 1. The number of halogens is 1. The Morgan fingerprint density at radius 2 is 1.76 bits per heavy atom. The van der Waals surface area contributed by atoms with Gasteiger partial charge in [-0.25, -0.2) is 4.39 Å². The van der Waals surface area contributed by atoms with Crippen molar-refractivity contribution in [2.45, 2.75) is 51.0 Å². The average molecular weight is 511 g/mol. The normalized spacial score (nSPS) is 21.0. The molecule has 1 saturated heterocycles. The van der Waals surface area contributed by atoms with E-state index in [1.807, 2.05) is 4.90 Å². The number of nitrogens with zero attached hydrogens (tertiary/aromatic N) is 4. The molecule has 2 heterocycles. The van der Waals surface area contributed by atoms with Gasteiger partial charge < -0.3 is 14.5 Å². The van der Waals surface area contributed by atoms with Crippen LogP contribution < -0.4 is 14.5 Å². The molecule has 9 heteroatoms. The second kappa shape index (κ2) is 11.0. The van der Waals surface area contributed by atoms with E-state index in [0.29, 0.717) is 5.75 Å². The zero-order valence-corrected chi connectivity index (χ0v) is 21.4. The van der Waals surface area contributed by atoms with Gasteiger partial charge in [0.2, 0.25) is 5.91 Å². The summed E-state index contributed by atoms with van der Waals surface area (Å²) in [6.07, 6.45) is 6.69. The van der Waals surface area contributed by atoms with E-state index in [-0.39, 0.29) is 34.3 Å². The number of amides is 1. The Balaban J connectivity index is 1.32. The smallest absolute Gasteiger partial charge is 0.269 e. The number of hydrogen-bond acceptors (Lipinski definition) is 6. The molecule has 0 spiro atoms. The number of hydrogen-bond donors (Lipinski definition) is 0. The van der Waals surface area contributed by atoms with Gasteiger partial charge >= 0.3 is 0 Å². The van der Waals surface area contributed by atoms with Crippen molar-refractivity contribution in [3.8, 4) is 5.75 Å². The summed E-state index contributed by atoms with van der Waals surface area (Å²) >= 11 is 0. The highest BCUT2D eigenvalue weighted by molar-refractivity contribution is 5.97. The molecule has 37 heavy (non-hydrogen) atoms. The molecule has 1 saturated carbocycles. The predicted octanol–water partition coefficient (Wildman–Crippen LogP) is 4.79. The highest BCUT2D eigenvalue weighted by Gasteiger charge is 2.37. The van der Waals surface area contributed by atoms with Crippen molar-refractivity contribution in [2.24, 2.45) is 5.92 Å². The van der Waals surface area contributed by atoms with Gasteiger partial charge in [0.1, 0.15) is 11.6 Å². The van der Waals surface area contributed by atoms with Crippen LogP contribution in [-0.4, -0.2) is 61.6 Å². The van der Waals surface area contributed by atoms with Crippen molar-refractivity contribution < 1.29 is 18.8 Å². The molecule has 1 atom stereocenters. The number of methoxy groups -OCH3 is 1. The van der Waals surface area contributed by atoms with Crippen LogP contribution in [0.25, 0.3) is 0 Å². The molecule has 2 fully saturated rings. The molecule has 1 aliphatic carbocycles. The maximum absolute atomic E-state index is 13.8. The number of aryl methyl sites for hydroxylation is 1. The first-order valence-corrected chi connectivity index (χ1v) is 13.4. The summed E-state index contributed by atoms with van der Waals surface area (Å²) in [5.41, 5.74) is 2.70. The molecular formula is C28H35FN4O4. The number of carbonyl (C=O) groups excluding carboxylic acids is 1. The van der Waals surface area contributed by atoms with Crippen molar-refractivity contribution in [1.29, 1.82) is 0 Å². The van der Waals surface area contributed by atoms with E-state index < -0.39 is 0 Å². The lowest BCUT2D eigenvalue weighted by Gasteiger charge is -2.43. The number of ether oxygens (including phenoxy) is 1. The number of piperazine rings is 1. The Labute approximate surface area is 217 Å². The van der Waals surface area contributed by atoms with Gasteiger partial charge in [0.05, 0.1) is 17.7 Å². The van der Waals surface area contributed by atoms with Crippen molar-refractivity contribution in [2.75, 3.05) is 49.6 Å². The average Bonchev–Trinajstić information content (AvgIpc) is 2.93. The number of anilines is 2. The van der Waals surface area contributed by atoms with Gasteiger partial charge in [0.25, 0.3) is 5.69 Å². The molecule has 2 aromatic rings. The Morgan fingerprint density at radius 3 is 2.46 bits per heavy atom. The van der Waals surface area contributed by atoms with Crippen molar-refractivity contribution in [3.05, 3.63) is 57.9 Å². The van der Waals surface area contributed by atoms with Crippen LogP contribution in [0.5, 0.6) is 5.75 Å². The molecule has 8 nitrogen and oxygen atoms in total. The van der Waals surface area contributed by atoms with Gasteiger partial charge in [-0.1, -0.05) is 19.3 Å². The summed E-state index contributed by atoms with van der Waals surface area (Å²) in [6.45, 7) is 4.00. The molecule has 0 bridgehead atoms. The molecule has 198 valence electrons. The fraction of sp³-hybridized carbons (Fsp3) is 0.536. The third kappa shape index (κ3) is 5.42. The molecular weight excluding hydrogens is 475 g/mol. The predicted molar refractivity (Wildman–Crippen MR) is 141 cm³/mol. The number of benzene rings is 2. The summed E-state index contributed by atoms with van der Waals surface area (Å²) in [7, 11) is 1.56. The number of nitro groups is 1. The van der Waals surface area contributed by atoms with E-state index in [4.69, 9.17) is 4.74 Å². The van der Waals surface area contributed by atoms with Crippen molar-refractivity contribution >= 4 is 23.0 Å². The fourth-order valence-corrected chi connectivity index (χ4v) is 6.17. The lowest BCUT2D eigenvalue weighted by molar-refractivity contribution is -0.384. The van der Waals surface area contributed by atoms with E-state index in [1.54, 1.807) is 25.3 Å². The van der Waals surface area contributed by atoms with Crippen LogP contribution >= 0.6 is 0 Å². The molecule has 3 aliphatic rings. The highest BCUT2D eigenvalue weighted by atomic mass is 19.1. The molecule has 1 unspecified atom stereocenters. The highest BCUT2D eigenvalue weighted by Crippen LogP contribution is 2.37. The topological polar surface area (TPSA) is 79.2 Å². The number of rotatable bonds is 6. The third-order valence-corrected chi connectivity index (χ3v) is 8.16. The van der Waals surface area contributed by atoms with Crippen LogP contribution in [0.15, 0.2) is 36.4 Å². The minimum Gasteiger partial charge on any atom is -0.494 e. The zero-order valence-electron chi connectivity index (χ0n) is 21.4. The van der Waals surface area contributed by atoms with Crippen LogP contribution in [0.3, 0.4) is 0 Å². The third-order valence-electron chi connectivity index (χ3n) is 8.16. The summed E-state index contributed by atoms with van der Waals surface area (Å²) in [4.78, 5) is 31.4. The van der Waals surface area contributed by atoms with Gasteiger partial charge in [0, 0.05) is 68.6 Å². The van der Waals surface area contributed by atoms with Gasteiger partial charge in [-0.15, -0.1) is 0 Å². The lowest BCUT2D eigenvalue weighted by Crippen LogP contribution is -2.55. The van der Waals surface area contributed by atoms with Gasteiger partial charge in [-0.2, -0.15) is 0 Å². The standard InChI is InChI=1S/C28H35FN4O4/c1-37-27-18-22(29)8-11-26(27)31-15-13-30(14-16-31)19-24-9-7-21-17-23(33(35)36)10-12-25(21)32(24)28(34)20-5-3-2-4-6-20/h8,10-12,17-18,20,24H,2-7,9,13-16,19H2,1H3. The first-order chi connectivity index (χ1) is 17.9. The molecule has 2 aromatic carbocycles. The second-order valence-electron chi connectivity index (χ2n) is 10.4. The minimum absolute atomic E-state index is 0.0279. The first-order valence-electron chi connectivity index (χ1n) is 13.4. The van der Waals surface area contributed by atoms with Crippen LogP contribution in [-0.2, 0) is 11.2 Å². The minimum atomic E-state index is -0.366. The van der Waals surface area contributed by atoms with Gasteiger partial charge in [-0.3, -0.25) is 19.8 Å². The molecule has 0 N–H and O–H groups in total. The number of fused-ring (bicyclic) bond motifs is 1. The fourth-order valence-electron chi connectivity index (χ4n) is 6.17. The van der Waals surface area contributed by atoms with Crippen molar-refractivity contribution in [3.63, 3.8) is 0 Å². The van der Waals surface area contributed by atoms with Crippen LogP contribution in [0.4, 0.5) is 21.5 Å². The molecule has 0 aromatic heterocycles. The zero-order chi connectivity index (χ0) is 25.9. The van der Waals surface area contributed by atoms with Crippen molar-refractivity contribution in [1.82, 2.24) is 4.90 Å². The maximum Gasteiger partial charge on any atom is 0.269 e. The maximum atomic E-state index is 13.8. The monoisotopic (exact) mass is 510 g/mol. The Bertz CT molecular complexity index is 1140. The Kier molecular flexibility index (Phi) is 7.60. The molecule has 0 radical (unpaired) electrons. The summed E-state index contributed by atoms with van der Waals surface area (Å²) in [6, 6.07) is 9.63. The van der Waals surface area contributed by atoms with Crippen LogP contribution in [0.1, 0.15) is 44.1 Å². The summed E-state index contributed by atoms with van der Waals surface area (Å²) in [5, 5.41) is 11.4. The van der Waals surface area contributed by atoms with E-state index in [0.717, 1.165) is 88.2 Å². The summed E-state index contributed by atoms with van der Waals surface area (Å²) < 4.78 is 19.1. The van der Waals surface area contributed by atoms with Crippen LogP contribution in [0.2, 0.25) is 0 Å². The van der Waals surface area contributed by atoms with E-state index in [1.165, 1.54) is 24.6 Å². The molecule has 5 rings (SSSR count). The van der Waals surface area contributed by atoms with Gasteiger partial charge in [-0.05, 0) is 49.4 Å². The largest absolute Gasteiger partial charge is 0.494 e. The second-order valence-corrected chi connectivity index (χ2v) is 10.4.